The topological polar surface area (TPSA) is 63.0 Å². The highest BCUT2D eigenvalue weighted by molar-refractivity contribution is 5.53. The lowest BCUT2D eigenvalue weighted by atomic mass is 9.87. The van der Waals surface area contributed by atoms with Gasteiger partial charge in [-0.05, 0) is 36.5 Å². The lowest BCUT2D eigenvalue weighted by molar-refractivity contribution is 0.600. The van der Waals surface area contributed by atoms with Crippen molar-refractivity contribution < 1.29 is 0 Å². The molecule has 1 aromatic heterocycles. The fourth-order valence-corrected chi connectivity index (χ4v) is 2.70. The Morgan fingerprint density at radius 3 is 3.00 bits per heavy atom. The Balaban J connectivity index is 1.84. The maximum atomic E-state index is 5.39. The van der Waals surface area contributed by atoms with E-state index in [0.29, 0.717) is 11.9 Å². The van der Waals surface area contributed by atoms with Gasteiger partial charge in [-0.1, -0.05) is 24.3 Å². The highest BCUT2D eigenvalue weighted by Gasteiger charge is 2.19. The second kappa shape index (κ2) is 5.28. The number of hydrazine groups is 1. The molecular formula is C15H18N4. The van der Waals surface area contributed by atoms with E-state index in [1.165, 1.54) is 24.0 Å². The summed E-state index contributed by atoms with van der Waals surface area (Å²) in [5.74, 6) is 6.06. The summed E-state index contributed by atoms with van der Waals surface area (Å²) in [6, 6.07) is 12.9. The number of nitrogen functional groups attached to an aromatic ring is 1. The number of nitrogens with one attached hydrogen (secondary N) is 2. The molecule has 0 saturated carbocycles. The van der Waals surface area contributed by atoms with Gasteiger partial charge in [0.1, 0.15) is 5.82 Å². The van der Waals surface area contributed by atoms with Crippen LogP contribution in [0.2, 0.25) is 0 Å². The predicted molar refractivity (Wildman–Crippen MR) is 77.8 cm³/mol. The molecule has 0 bridgehead atoms. The monoisotopic (exact) mass is 254 g/mol. The summed E-state index contributed by atoms with van der Waals surface area (Å²) in [4.78, 5) is 4.12. The lowest BCUT2D eigenvalue weighted by Crippen LogP contribution is -2.17. The Kier molecular flexibility index (Phi) is 3.33. The second-order valence-electron chi connectivity index (χ2n) is 4.86. The summed E-state index contributed by atoms with van der Waals surface area (Å²) in [6.45, 7) is 0. The van der Waals surface area contributed by atoms with Gasteiger partial charge in [0.05, 0.1) is 6.04 Å². The van der Waals surface area contributed by atoms with E-state index in [9.17, 15) is 0 Å². The largest absolute Gasteiger partial charge is 0.378 e. The summed E-state index contributed by atoms with van der Waals surface area (Å²) in [6.07, 6.45) is 5.32. The molecule has 4 nitrogen and oxygen atoms in total. The van der Waals surface area contributed by atoms with Gasteiger partial charge < -0.3 is 10.7 Å². The SMILES string of the molecule is NNc1cc(NC2CCCc3ccccc32)ccn1. The fourth-order valence-electron chi connectivity index (χ4n) is 2.70. The molecule has 1 heterocycles. The molecule has 0 aliphatic heterocycles. The van der Waals surface area contributed by atoms with Crippen molar-refractivity contribution in [3.05, 3.63) is 53.7 Å². The van der Waals surface area contributed by atoms with Crippen LogP contribution in [0.3, 0.4) is 0 Å². The average Bonchev–Trinajstić information content (AvgIpc) is 2.48. The third-order valence-electron chi connectivity index (χ3n) is 3.62. The molecule has 3 rings (SSSR count). The van der Waals surface area contributed by atoms with Crippen molar-refractivity contribution >= 4 is 11.5 Å². The van der Waals surface area contributed by atoms with E-state index >= 15 is 0 Å². The molecule has 1 aliphatic carbocycles. The summed E-state index contributed by atoms with van der Waals surface area (Å²) in [5, 5.41) is 3.58. The van der Waals surface area contributed by atoms with E-state index in [1.807, 2.05) is 12.1 Å². The molecule has 0 amide bonds. The van der Waals surface area contributed by atoms with E-state index in [2.05, 4.69) is 40.0 Å². The van der Waals surface area contributed by atoms with Crippen molar-refractivity contribution in [2.24, 2.45) is 5.84 Å². The number of nitrogens with zero attached hydrogens (tertiary/aromatic N) is 1. The van der Waals surface area contributed by atoms with Crippen LogP contribution < -0.4 is 16.6 Å². The van der Waals surface area contributed by atoms with Crippen LogP contribution in [-0.4, -0.2) is 4.98 Å². The first kappa shape index (κ1) is 12.0. The Hall–Kier alpha value is -2.07. The summed E-state index contributed by atoms with van der Waals surface area (Å²) in [7, 11) is 0. The smallest absolute Gasteiger partial charge is 0.141 e. The number of aryl methyl sites for hydroxylation is 1. The lowest BCUT2D eigenvalue weighted by Gasteiger charge is -2.27. The van der Waals surface area contributed by atoms with Gasteiger partial charge in [0, 0.05) is 18.0 Å². The van der Waals surface area contributed by atoms with Crippen LogP contribution in [0.1, 0.15) is 30.0 Å². The van der Waals surface area contributed by atoms with Crippen LogP contribution in [-0.2, 0) is 6.42 Å². The van der Waals surface area contributed by atoms with Gasteiger partial charge in [0.2, 0.25) is 0 Å². The van der Waals surface area contributed by atoms with Gasteiger partial charge in [-0.15, -0.1) is 0 Å². The molecule has 1 aliphatic rings. The number of anilines is 2. The molecule has 4 N–H and O–H groups in total. The van der Waals surface area contributed by atoms with Crippen molar-refractivity contribution in [3.63, 3.8) is 0 Å². The number of benzene rings is 1. The van der Waals surface area contributed by atoms with E-state index < -0.39 is 0 Å². The quantitative estimate of drug-likeness (QED) is 0.582. The first-order chi connectivity index (χ1) is 9.36. The van der Waals surface area contributed by atoms with E-state index in [-0.39, 0.29) is 0 Å². The second-order valence-corrected chi connectivity index (χ2v) is 4.86. The number of pyridine rings is 1. The molecule has 98 valence electrons. The van der Waals surface area contributed by atoms with Gasteiger partial charge in [-0.2, -0.15) is 0 Å². The zero-order chi connectivity index (χ0) is 13.1. The minimum Gasteiger partial charge on any atom is -0.378 e. The highest BCUT2D eigenvalue weighted by atomic mass is 15.2. The number of hydrogen-bond donors (Lipinski definition) is 3. The zero-order valence-corrected chi connectivity index (χ0v) is 10.8. The predicted octanol–water partition coefficient (Wildman–Crippen LogP) is 2.86. The van der Waals surface area contributed by atoms with Gasteiger partial charge in [-0.25, -0.2) is 10.8 Å². The molecule has 2 aromatic rings. The van der Waals surface area contributed by atoms with E-state index in [4.69, 9.17) is 5.84 Å². The maximum Gasteiger partial charge on any atom is 0.141 e. The van der Waals surface area contributed by atoms with Crippen LogP contribution in [0.25, 0.3) is 0 Å². The Morgan fingerprint density at radius 1 is 1.21 bits per heavy atom. The van der Waals surface area contributed by atoms with Crippen LogP contribution in [0.5, 0.6) is 0 Å². The molecule has 4 heteroatoms. The number of hydrogen-bond acceptors (Lipinski definition) is 4. The normalized spacial score (nSPS) is 17.6. The average molecular weight is 254 g/mol. The molecule has 0 radical (unpaired) electrons. The first-order valence-electron chi connectivity index (χ1n) is 6.64. The molecule has 1 unspecified atom stereocenters. The van der Waals surface area contributed by atoms with Crippen LogP contribution in [0, 0.1) is 0 Å². The zero-order valence-electron chi connectivity index (χ0n) is 10.8. The van der Waals surface area contributed by atoms with Crippen molar-refractivity contribution in [1.82, 2.24) is 4.98 Å². The molecule has 0 spiro atoms. The van der Waals surface area contributed by atoms with Crippen molar-refractivity contribution in [1.29, 1.82) is 0 Å². The molecule has 19 heavy (non-hydrogen) atoms. The van der Waals surface area contributed by atoms with E-state index in [1.54, 1.807) is 6.20 Å². The van der Waals surface area contributed by atoms with Crippen LogP contribution in [0.15, 0.2) is 42.6 Å². The van der Waals surface area contributed by atoms with Crippen LogP contribution in [0.4, 0.5) is 11.5 Å². The van der Waals surface area contributed by atoms with Crippen LogP contribution >= 0.6 is 0 Å². The van der Waals surface area contributed by atoms with Gasteiger partial charge >= 0.3 is 0 Å². The van der Waals surface area contributed by atoms with Crippen molar-refractivity contribution in [3.8, 4) is 0 Å². The van der Waals surface area contributed by atoms with Crippen molar-refractivity contribution in [2.45, 2.75) is 25.3 Å². The standard InChI is InChI=1S/C15H18N4/c16-19-15-10-12(8-9-17-15)18-14-7-3-5-11-4-1-2-6-13(11)14/h1-2,4,6,8-10,14H,3,5,7,16H2,(H2,17,18,19). The number of rotatable bonds is 3. The molecule has 1 atom stereocenters. The molecule has 1 aromatic carbocycles. The van der Waals surface area contributed by atoms with Gasteiger partial charge in [0.25, 0.3) is 0 Å². The van der Waals surface area contributed by atoms with Gasteiger partial charge in [-0.3, -0.25) is 0 Å². The Morgan fingerprint density at radius 2 is 2.11 bits per heavy atom. The minimum absolute atomic E-state index is 0.373. The third-order valence-corrected chi connectivity index (χ3v) is 3.62. The minimum atomic E-state index is 0.373. The van der Waals surface area contributed by atoms with Gasteiger partial charge in [0.15, 0.2) is 0 Å². The summed E-state index contributed by atoms with van der Waals surface area (Å²) >= 11 is 0. The fraction of sp³-hybridized carbons (Fsp3) is 0.267. The Labute approximate surface area is 113 Å². The van der Waals surface area contributed by atoms with Crippen molar-refractivity contribution in [2.75, 3.05) is 10.7 Å². The molecule has 0 saturated heterocycles. The molecular weight excluding hydrogens is 236 g/mol. The number of nitrogens with two attached hydrogens (primary N) is 1. The third kappa shape index (κ3) is 2.53. The summed E-state index contributed by atoms with van der Waals surface area (Å²) in [5.41, 5.74) is 6.48. The summed E-state index contributed by atoms with van der Waals surface area (Å²) < 4.78 is 0. The van der Waals surface area contributed by atoms with E-state index in [0.717, 1.165) is 12.1 Å². The Bertz CT molecular complexity index is 568. The maximum absolute atomic E-state index is 5.39. The number of aromatic nitrogens is 1. The molecule has 0 fully saturated rings. The highest BCUT2D eigenvalue weighted by Crippen LogP contribution is 2.32. The first-order valence-corrected chi connectivity index (χ1v) is 6.64. The number of fused-ring (bicyclic) bond motifs is 1.